The van der Waals surface area contributed by atoms with Gasteiger partial charge in [0.25, 0.3) is 0 Å². The van der Waals surface area contributed by atoms with E-state index in [2.05, 4.69) is 24.0 Å². The van der Waals surface area contributed by atoms with Crippen LogP contribution < -0.4 is 5.73 Å². The second kappa shape index (κ2) is 4.19. The van der Waals surface area contributed by atoms with Crippen LogP contribution in [0.5, 0.6) is 0 Å². The van der Waals surface area contributed by atoms with Gasteiger partial charge in [-0.2, -0.15) is 0 Å². The first kappa shape index (κ1) is 10.4. The maximum absolute atomic E-state index is 7.43. The van der Waals surface area contributed by atoms with Crippen LogP contribution in [-0.4, -0.2) is 29.9 Å². The van der Waals surface area contributed by atoms with Crippen LogP contribution in [-0.2, 0) is 0 Å². The molecule has 2 rings (SSSR count). The van der Waals surface area contributed by atoms with Crippen molar-refractivity contribution in [2.45, 2.75) is 25.8 Å². The van der Waals surface area contributed by atoms with Gasteiger partial charge in [0.05, 0.1) is 0 Å². The first-order valence-electron chi connectivity index (χ1n) is 5.71. The lowest BCUT2D eigenvalue weighted by Gasteiger charge is -2.39. The van der Waals surface area contributed by atoms with Gasteiger partial charge in [-0.15, -0.1) is 0 Å². The molecule has 1 heterocycles. The van der Waals surface area contributed by atoms with Gasteiger partial charge in [-0.1, -0.05) is 25.2 Å². The summed E-state index contributed by atoms with van der Waals surface area (Å²) in [5, 5.41) is 7.43. The van der Waals surface area contributed by atoms with Crippen molar-refractivity contribution in [1.82, 2.24) is 4.90 Å². The molecule has 0 spiro atoms. The van der Waals surface area contributed by atoms with Crippen molar-refractivity contribution in [2.24, 2.45) is 11.7 Å². The van der Waals surface area contributed by atoms with E-state index in [1.807, 2.05) is 6.08 Å². The first-order chi connectivity index (χ1) is 7.22. The molecule has 3 nitrogen and oxygen atoms in total. The number of piperidine rings is 1. The number of likely N-dealkylation sites (N-methyl/N-ethyl adjacent to an activating group) is 1. The Balaban J connectivity index is 2.17. The molecule has 0 aromatic carbocycles. The number of nitrogens with one attached hydrogen (secondary N) is 1. The topological polar surface area (TPSA) is 53.1 Å². The largest absolute Gasteiger partial charge is 0.384 e. The summed E-state index contributed by atoms with van der Waals surface area (Å²) >= 11 is 0. The minimum Gasteiger partial charge on any atom is -0.384 e. The predicted octanol–water partition coefficient (Wildman–Crippen LogP) is 1.52. The van der Waals surface area contributed by atoms with Gasteiger partial charge in [0.2, 0.25) is 0 Å². The van der Waals surface area contributed by atoms with E-state index in [0.29, 0.717) is 12.0 Å². The number of fused-ring (bicyclic) bond motifs is 1. The van der Waals surface area contributed by atoms with Crippen LogP contribution in [0.15, 0.2) is 23.8 Å². The molecule has 0 bridgehead atoms. The van der Waals surface area contributed by atoms with E-state index in [-0.39, 0.29) is 5.84 Å². The molecule has 0 amide bonds. The predicted molar refractivity (Wildman–Crippen MR) is 62.9 cm³/mol. The van der Waals surface area contributed by atoms with E-state index in [4.69, 9.17) is 11.1 Å². The molecule has 1 saturated heterocycles. The molecule has 1 fully saturated rings. The van der Waals surface area contributed by atoms with Crippen molar-refractivity contribution in [3.8, 4) is 0 Å². The fourth-order valence-corrected chi connectivity index (χ4v) is 2.60. The summed E-state index contributed by atoms with van der Waals surface area (Å²) in [4.78, 5) is 2.50. The van der Waals surface area contributed by atoms with Gasteiger partial charge in [-0.05, 0) is 31.8 Å². The number of amidine groups is 1. The van der Waals surface area contributed by atoms with Crippen molar-refractivity contribution < 1.29 is 0 Å². The Hall–Kier alpha value is -1.09. The molecule has 1 aliphatic heterocycles. The summed E-state index contributed by atoms with van der Waals surface area (Å²) in [5.41, 5.74) is 6.40. The van der Waals surface area contributed by atoms with Gasteiger partial charge < -0.3 is 5.73 Å². The smallest absolute Gasteiger partial charge is 0.122 e. The van der Waals surface area contributed by atoms with Gasteiger partial charge in [0.15, 0.2) is 0 Å². The molecule has 15 heavy (non-hydrogen) atoms. The summed E-state index contributed by atoms with van der Waals surface area (Å²) in [6.07, 6.45) is 8.86. The van der Waals surface area contributed by atoms with Crippen molar-refractivity contribution in [3.63, 3.8) is 0 Å². The highest BCUT2D eigenvalue weighted by Crippen LogP contribution is 2.29. The molecule has 2 aliphatic rings. The molecule has 3 N–H and O–H groups in total. The van der Waals surface area contributed by atoms with Crippen LogP contribution in [0.4, 0.5) is 0 Å². The van der Waals surface area contributed by atoms with Crippen LogP contribution >= 0.6 is 0 Å². The van der Waals surface area contributed by atoms with E-state index in [1.165, 1.54) is 19.4 Å². The van der Waals surface area contributed by atoms with Crippen LogP contribution in [0.1, 0.15) is 19.8 Å². The second-order valence-electron chi connectivity index (χ2n) is 4.32. The Morgan fingerprint density at radius 2 is 2.47 bits per heavy atom. The highest BCUT2D eigenvalue weighted by molar-refractivity contribution is 5.97. The summed E-state index contributed by atoms with van der Waals surface area (Å²) in [6, 6.07) is 0.534. The van der Waals surface area contributed by atoms with E-state index < -0.39 is 0 Å². The average Bonchev–Trinajstić information content (AvgIpc) is 2.27. The van der Waals surface area contributed by atoms with Crippen molar-refractivity contribution in [1.29, 1.82) is 5.41 Å². The van der Waals surface area contributed by atoms with Crippen LogP contribution in [0.2, 0.25) is 0 Å². The maximum Gasteiger partial charge on any atom is 0.122 e. The Kier molecular flexibility index (Phi) is 2.91. The normalized spacial score (nSPS) is 30.9. The maximum atomic E-state index is 7.43. The first-order valence-corrected chi connectivity index (χ1v) is 5.71. The average molecular weight is 205 g/mol. The summed E-state index contributed by atoms with van der Waals surface area (Å²) < 4.78 is 0. The van der Waals surface area contributed by atoms with E-state index in [0.717, 1.165) is 12.1 Å². The third-order valence-electron chi connectivity index (χ3n) is 3.43. The second-order valence-corrected chi connectivity index (χ2v) is 4.32. The van der Waals surface area contributed by atoms with Gasteiger partial charge in [-0.3, -0.25) is 10.3 Å². The number of hydrogen-bond acceptors (Lipinski definition) is 2. The van der Waals surface area contributed by atoms with Gasteiger partial charge in [0, 0.05) is 11.6 Å². The number of nitrogens with zero attached hydrogens (tertiary/aromatic N) is 1. The number of nitrogens with two attached hydrogens (primary N) is 1. The molecule has 0 aromatic heterocycles. The molecule has 0 saturated carbocycles. The zero-order valence-electron chi connectivity index (χ0n) is 9.24. The summed E-state index contributed by atoms with van der Waals surface area (Å²) in [7, 11) is 0. The lowest BCUT2D eigenvalue weighted by Crippen LogP contribution is -2.44. The molecule has 0 aromatic rings. The zero-order chi connectivity index (χ0) is 10.8. The molecular formula is C12H19N3. The van der Waals surface area contributed by atoms with Gasteiger partial charge >= 0.3 is 0 Å². The minimum absolute atomic E-state index is 0.193. The molecule has 3 heteroatoms. The molecule has 2 atom stereocenters. The molecule has 0 radical (unpaired) electrons. The van der Waals surface area contributed by atoms with E-state index in [1.54, 1.807) is 0 Å². The van der Waals surface area contributed by atoms with Crippen molar-refractivity contribution >= 4 is 5.84 Å². The number of hydrogen-bond donors (Lipinski definition) is 2. The zero-order valence-corrected chi connectivity index (χ0v) is 9.24. The Bertz CT molecular complexity index is 317. The van der Waals surface area contributed by atoms with Gasteiger partial charge in [0.1, 0.15) is 5.84 Å². The molecular weight excluding hydrogens is 186 g/mol. The van der Waals surface area contributed by atoms with E-state index in [9.17, 15) is 0 Å². The highest BCUT2D eigenvalue weighted by atomic mass is 15.2. The lowest BCUT2D eigenvalue weighted by atomic mass is 9.83. The fourth-order valence-electron chi connectivity index (χ4n) is 2.60. The standard InChI is InChI=1S/C12H19N3/c1-2-15-7-3-4-9-8-10(12(13)14)5-6-11(9)15/h5-6,8-9,11H,2-4,7H2,1H3,(H3,13,14). The number of likely N-dealkylation sites (tertiary alicyclic amines) is 1. The van der Waals surface area contributed by atoms with Crippen LogP contribution in [0.3, 0.4) is 0 Å². The number of rotatable bonds is 2. The highest BCUT2D eigenvalue weighted by Gasteiger charge is 2.29. The summed E-state index contributed by atoms with van der Waals surface area (Å²) in [5.74, 6) is 0.751. The van der Waals surface area contributed by atoms with Crippen LogP contribution in [0.25, 0.3) is 0 Å². The van der Waals surface area contributed by atoms with Crippen LogP contribution in [0, 0.1) is 11.3 Å². The molecule has 2 unspecified atom stereocenters. The Morgan fingerprint density at radius 1 is 1.67 bits per heavy atom. The van der Waals surface area contributed by atoms with Crippen molar-refractivity contribution in [3.05, 3.63) is 23.8 Å². The molecule has 1 aliphatic carbocycles. The lowest BCUT2D eigenvalue weighted by molar-refractivity contribution is 0.152. The SMILES string of the molecule is CCN1CCCC2C=C(C(=N)N)C=CC21. The minimum atomic E-state index is 0.193. The van der Waals surface area contributed by atoms with E-state index >= 15 is 0 Å². The Labute approximate surface area is 91.1 Å². The molecule has 82 valence electrons. The Morgan fingerprint density at radius 3 is 3.13 bits per heavy atom. The van der Waals surface area contributed by atoms with Gasteiger partial charge in [-0.25, -0.2) is 0 Å². The fraction of sp³-hybridized carbons (Fsp3) is 0.583. The third kappa shape index (κ3) is 1.97. The summed E-state index contributed by atoms with van der Waals surface area (Å²) in [6.45, 7) is 4.51. The quantitative estimate of drug-likeness (QED) is 0.530. The van der Waals surface area contributed by atoms with Crippen molar-refractivity contribution in [2.75, 3.05) is 13.1 Å². The monoisotopic (exact) mass is 205 g/mol. The third-order valence-corrected chi connectivity index (χ3v) is 3.43.